The Morgan fingerprint density at radius 2 is 2.04 bits per heavy atom. The quantitative estimate of drug-likeness (QED) is 0.786. The van der Waals surface area contributed by atoms with Crippen molar-refractivity contribution in [3.8, 4) is 11.3 Å². The number of hydrogen-bond acceptors (Lipinski definition) is 3. The van der Waals surface area contributed by atoms with Gasteiger partial charge in [-0.25, -0.2) is 23.5 Å². The van der Waals surface area contributed by atoms with E-state index < -0.39 is 11.6 Å². The lowest BCUT2D eigenvalue weighted by Gasteiger charge is -2.30. The number of amides is 2. The van der Waals surface area contributed by atoms with Crippen LogP contribution in [-0.2, 0) is 0 Å². The first kappa shape index (κ1) is 14.6. The van der Waals surface area contributed by atoms with Crippen molar-refractivity contribution in [3.05, 3.63) is 48.4 Å². The molecular formula is C16H13F2N5O. The predicted octanol–water partition coefficient (Wildman–Crippen LogP) is 2.91. The van der Waals surface area contributed by atoms with Gasteiger partial charge in [-0.3, -0.25) is 4.40 Å². The van der Waals surface area contributed by atoms with E-state index in [2.05, 4.69) is 15.3 Å². The second-order valence-electron chi connectivity index (χ2n) is 5.57. The molecule has 2 aromatic heterocycles. The van der Waals surface area contributed by atoms with Crippen LogP contribution in [-0.4, -0.2) is 38.4 Å². The molecule has 8 heteroatoms. The van der Waals surface area contributed by atoms with E-state index in [4.69, 9.17) is 0 Å². The van der Waals surface area contributed by atoms with Gasteiger partial charge in [0, 0.05) is 36.7 Å². The number of urea groups is 1. The molecule has 0 atom stereocenters. The minimum atomic E-state index is -0.512. The minimum Gasteiger partial charge on any atom is -0.324 e. The third-order valence-corrected chi connectivity index (χ3v) is 3.92. The summed E-state index contributed by atoms with van der Waals surface area (Å²) in [4.78, 5) is 21.7. The van der Waals surface area contributed by atoms with Crippen molar-refractivity contribution in [3.63, 3.8) is 0 Å². The van der Waals surface area contributed by atoms with Crippen LogP contribution in [0.1, 0.15) is 6.42 Å². The molecule has 4 rings (SSSR count). The fraction of sp³-hybridized carbons (Fsp3) is 0.188. The average molecular weight is 329 g/mol. The summed E-state index contributed by atoms with van der Waals surface area (Å²) in [6.07, 6.45) is 4.75. The van der Waals surface area contributed by atoms with Gasteiger partial charge in [-0.1, -0.05) is 0 Å². The highest BCUT2D eigenvalue weighted by Gasteiger charge is 2.20. The van der Waals surface area contributed by atoms with E-state index in [1.54, 1.807) is 4.90 Å². The zero-order valence-corrected chi connectivity index (χ0v) is 12.5. The van der Waals surface area contributed by atoms with Crippen LogP contribution < -0.4 is 5.32 Å². The number of benzene rings is 1. The number of hydrogen-bond donors (Lipinski definition) is 1. The van der Waals surface area contributed by atoms with Crippen molar-refractivity contribution in [1.82, 2.24) is 19.3 Å². The van der Waals surface area contributed by atoms with Crippen molar-refractivity contribution in [2.45, 2.75) is 6.42 Å². The number of carbonyl (C=O) groups excluding carboxylic acids is 1. The smallest absolute Gasteiger partial charge is 0.321 e. The van der Waals surface area contributed by atoms with Crippen LogP contribution in [0.15, 0.2) is 36.8 Å². The molecule has 0 spiro atoms. The maximum atomic E-state index is 14.2. The molecule has 24 heavy (non-hydrogen) atoms. The number of nitrogens with one attached hydrogen (secondary N) is 1. The van der Waals surface area contributed by atoms with E-state index in [1.165, 1.54) is 35.0 Å². The Balaban J connectivity index is 1.67. The molecule has 1 N–H and O–H groups in total. The van der Waals surface area contributed by atoms with Crippen LogP contribution in [0.2, 0.25) is 0 Å². The zero-order chi connectivity index (χ0) is 16.7. The molecule has 3 aromatic rings. The molecule has 1 aliphatic rings. The summed E-state index contributed by atoms with van der Waals surface area (Å²) >= 11 is 0. The third-order valence-electron chi connectivity index (χ3n) is 3.92. The van der Waals surface area contributed by atoms with Gasteiger partial charge >= 0.3 is 6.03 Å². The standard InChI is InChI=1S/C16H13F2N5O/c17-10-7-19-15-21-14(9-23(15)8-10)12-6-11(2-3-13(12)18)20-16(24)22-4-1-5-22/h2-3,6-9H,1,4-5H2,(H,20,24). The van der Waals surface area contributed by atoms with Crippen molar-refractivity contribution in [2.75, 3.05) is 18.4 Å². The van der Waals surface area contributed by atoms with E-state index in [0.29, 0.717) is 11.4 Å². The van der Waals surface area contributed by atoms with E-state index in [1.807, 2.05) is 0 Å². The average Bonchev–Trinajstić information content (AvgIpc) is 2.90. The van der Waals surface area contributed by atoms with Gasteiger partial charge in [0.1, 0.15) is 5.82 Å². The summed E-state index contributed by atoms with van der Waals surface area (Å²) in [6.45, 7) is 1.45. The maximum Gasteiger partial charge on any atom is 0.321 e. The molecule has 1 aliphatic heterocycles. The molecule has 0 bridgehead atoms. The van der Waals surface area contributed by atoms with Crippen LogP contribution in [0.3, 0.4) is 0 Å². The minimum absolute atomic E-state index is 0.210. The number of carbonyl (C=O) groups is 1. The van der Waals surface area contributed by atoms with Crippen LogP contribution in [0.4, 0.5) is 19.3 Å². The molecule has 0 saturated carbocycles. The molecular weight excluding hydrogens is 316 g/mol. The first-order chi connectivity index (χ1) is 11.6. The number of fused-ring (bicyclic) bond motifs is 1. The van der Waals surface area contributed by atoms with E-state index in [-0.39, 0.29) is 17.4 Å². The highest BCUT2D eigenvalue weighted by atomic mass is 19.1. The van der Waals surface area contributed by atoms with Crippen molar-refractivity contribution < 1.29 is 13.6 Å². The van der Waals surface area contributed by atoms with Gasteiger partial charge in [-0.2, -0.15) is 0 Å². The molecule has 0 aliphatic carbocycles. The van der Waals surface area contributed by atoms with E-state index in [0.717, 1.165) is 25.7 Å². The second kappa shape index (κ2) is 5.55. The summed E-state index contributed by atoms with van der Waals surface area (Å²) < 4.78 is 28.8. The molecule has 1 fully saturated rings. The maximum absolute atomic E-state index is 14.2. The number of imidazole rings is 1. The molecule has 6 nitrogen and oxygen atoms in total. The topological polar surface area (TPSA) is 62.5 Å². The number of nitrogens with zero attached hydrogens (tertiary/aromatic N) is 4. The lowest BCUT2D eigenvalue weighted by molar-refractivity contribution is 0.181. The van der Waals surface area contributed by atoms with Gasteiger partial charge in [0.05, 0.1) is 11.9 Å². The Labute approximate surface area is 135 Å². The first-order valence-corrected chi connectivity index (χ1v) is 7.46. The van der Waals surface area contributed by atoms with Gasteiger partial charge in [0.15, 0.2) is 5.82 Å². The molecule has 0 radical (unpaired) electrons. The molecule has 1 aromatic carbocycles. The summed E-state index contributed by atoms with van der Waals surface area (Å²) in [5.41, 5.74) is 0.993. The highest BCUT2D eigenvalue weighted by Crippen LogP contribution is 2.26. The Morgan fingerprint density at radius 1 is 1.21 bits per heavy atom. The van der Waals surface area contributed by atoms with Gasteiger partial charge in [0.2, 0.25) is 5.78 Å². The van der Waals surface area contributed by atoms with Gasteiger partial charge < -0.3 is 10.2 Å². The number of likely N-dealkylation sites (tertiary alicyclic amines) is 1. The van der Waals surface area contributed by atoms with Gasteiger partial charge in [-0.15, -0.1) is 0 Å². The molecule has 122 valence electrons. The van der Waals surface area contributed by atoms with E-state index in [9.17, 15) is 13.6 Å². The Hall–Kier alpha value is -3.03. The monoisotopic (exact) mass is 329 g/mol. The van der Waals surface area contributed by atoms with Crippen molar-refractivity contribution in [1.29, 1.82) is 0 Å². The molecule has 1 saturated heterocycles. The van der Waals surface area contributed by atoms with Crippen molar-refractivity contribution in [2.24, 2.45) is 0 Å². The normalized spacial score (nSPS) is 13.8. The third kappa shape index (κ3) is 2.55. The van der Waals surface area contributed by atoms with E-state index >= 15 is 0 Å². The predicted molar refractivity (Wildman–Crippen MR) is 83.5 cm³/mol. The Bertz CT molecular complexity index is 935. The second-order valence-corrected chi connectivity index (χ2v) is 5.57. The summed E-state index contributed by atoms with van der Waals surface area (Å²) in [6, 6.07) is 4.05. The largest absolute Gasteiger partial charge is 0.324 e. The Morgan fingerprint density at radius 3 is 2.79 bits per heavy atom. The lowest BCUT2D eigenvalue weighted by atomic mass is 10.1. The summed E-state index contributed by atoms with van der Waals surface area (Å²) in [5.74, 6) is -0.732. The van der Waals surface area contributed by atoms with Crippen LogP contribution in [0.5, 0.6) is 0 Å². The highest BCUT2D eigenvalue weighted by molar-refractivity contribution is 5.90. The molecule has 2 amide bonds. The van der Waals surface area contributed by atoms with Crippen LogP contribution in [0, 0.1) is 11.6 Å². The Kier molecular flexibility index (Phi) is 3.37. The fourth-order valence-electron chi connectivity index (χ4n) is 2.51. The number of aromatic nitrogens is 3. The number of rotatable bonds is 2. The SMILES string of the molecule is O=C(Nc1ccc(F)c(-c2cn3cc(F)cnc3n2)c1)N1CCC1. The fourth-order valence-corrected chi connectivity index (χ4v) is 2.51. The lowest BCUT2D eigenvalue weighted by Crippen LogP contribution is -2.44. The first-order valence-electron chi connectivity index (χ1n) is 7.46. The van der Waals surface area contributed by atoms with Crippen LogP contribution >= 0.6 is 0 Å². The van der Waals surface area contributed by atoms with Gasteiger partial charge in [-0.05, 0) is 24.6 Å². The summed E-state index contributed by atoms with van der Waals surface area (Å²) in [5, 5.41) is 2.73. The number of halogens is 2. The molecule has 0 unspecified atom stereocenters. The van der Waals surface area contributed by atoms with Crippen LogP contribution in [0.25, 0.3) is 17.0 Å². The zero-order valence-electron chi connectivity index (χ0n) is 12.5. The molecule has 3 heterocycles. The van der Waals surface area contributed by atoms with Crippen molar-refractivity contribution >= 4 is 17.5 Å². The summed E-state index contributed by atoms with van der Waals surface area (Å²) in [7, 11) is 0. The number of anilines is 1. The van der Waals surface area contributed by atoms with Gasteiger partial charge in [0.25, 0.3) is 0 Å².